The Morgan fingerprint density at radius 2 is 1.88 bits per heavy atom. The number of para-hydroxylation sites is 1. The average Bonchev–Trinajstić information content (AvgIpc) is 2.57. The van der Waals surface area contributed by atoms with Gasteiger partial charge in [0.2, 0.25) is 11.8 Å². The Kier molecular flexibility index (Phi) is 5.04. The Balaban J connectivity index is 1.81. The fraction of sp³-hybridized carbons (Fsp3) is 0.222. The second kappa shape index (κ2) is 7.11. The molecule has 2 amide bonds. The van der Waals surface area contributed by atoms with E-state index in [4.69, 9.17) is 0 Å². The second-order valence-electron chi connectivity index (χ2n) is 5.84. The minimum Gasteiger partial charge on any atom is -0.324 e. The summed E-state index contributed by atoms with van der Waals surface area (Å²) in [5.41, 5.74) is 0.249. The predicted octanol–water partition coefficient (Wildman–Crippen LogP) is 4.39. The standard InChI is InChI=1S/C18H14BrF3N2O2/c19-12-6-7-15-11(9-12)5-8-17(26)24(15)10-16(25)23-14-4-2-1-3-13(14)18(20,21)22/h1-4,6-7,9H,5,8,10H2,(H,23,25). The summed E-state index contributed by atoms with van der Waals surface area (Å²) >= 11 is 3.36. The van der Waals surface area contributed by atoms with E-state index in [-0.39, 0.29) is 24.6 Å². The molecule has 0 fully saturated rings. The molecule has 1 aliphatic heterocycles. The van der Waals surface area contributed by atoms with Crippen LogP contribution in [0.4, 0.5) is 24.5 Å². The number of rotatable bonds is 3. The van der Waals surface area contributed by atoms with E-state index >= 15 is 0 Å². The first kappa shape index (κ1) is 18.4. The van der Waals surface area contributed by atoms with Gasteiger partial charge in [0.15, 0.2) is 0 Å². The highest BCUT2D eigenvalue weighted by Crippen LogP contribution is 2.35. The molecular formula is C18H14BrF3N2O2. The van der Waals surface area contributed by atoms with Gasteiger partial charge in [0.1, 0.15) is 6.54 Å². The third-order valence-electron chi connectivity index (χ3n) is 4.05. The molecule has 26 heavy (non-hydrogen) atoms. The number of nitrogens with one attached hydrogen (secondary N) is 1. The fourth-order valence-corrected chi connectivity index (χ4v) is 3.28. The van der Waals surface area contributed by atoms with Gasteiger partial charge in [-0.15, -0.1) is 0 Å². The van der Waals surface area contributed by atoms with E-state index in [0.29, 0.717) is 12.1 Å². The lowest BCUT2D eigenvalue weighted by Crippen LogP contribution is -2.41. The SMILES string of the molecule is O=C(CN1C(=O)CCc2cc(Br)ccc21)Nc1ccccc1C(F)(F)F. The monoisotopic (exact) mass is 426 g/mol. The highest BCUT2D eigenvalue weighted by atomic mass is 79.9. The van der Waals surface area contributed by atoms with Gasteiger partial charge in [0, 0.05) is 16.6 Å². The van der Waals surface area contributed by atoms with Crippen molar-refractivity contribution in [2.24, 2.45) is 0 Å². The van der Waals surface area contributed by atoms with Gasteiger partial charge >= 0.3 is 6.18 Å². The van der Waals surface area contributed by atoms with Crippen LogP contribution in [0.3, 0.4) is 0 Å². The van der Waals surface area contributed by atoms with Gasteiger partial charge in [-0.1, -0.05) is 28.1 Å². The number of alkyl halides is 3. The van der Waals surface area contributed by atoms with Crippen LogP contribution in [0.1, 0.15) is 17.5 Å². The Labute approximate surface area is 156 Å². The van der Waals surface area contributed by atoms with Crippen molar-refractivity contribution in [1.82, 2.24) is 0 Å². The Morgan fingerprint density at radius 3 is 2.62 bits per heavy atom. The van der Waals surface area contributed by atoms with E-state index < -0.39 is 17.6 Å². The largest absolute Gasteiger partial charge is 0.418 e. The smallest absolute Gasteiger partial charge is 0.324 e. The Morgan fingerprint density at radius 1 is 1.15 bits per heavy atom. The zero-order chi connectivity index (χ0) is 18.9. The zero-order valence-corrected chi connectivity index (χ0v) is 15.0. The van der Waals surface area contributed by atoms with Crippen molar-refractivity contribution < 1.29 is 22.8 Å². The van der Waals surface area contributed by atoms with Gasteiger partial charge in [-0.2, -0.15) is 13.2 Å². The molecule has 0 aromatic heterocycles. The molecule has 0 radical (unpaired) electrons. The maximum absolute atomic E-state index is 13.0. The summed E-state index contributed by atoms with van der Waals surface area (Å²) in [5, 5.41) is 2.27. The third-order valence-corrected chi connectivity index (χ3v) is 4.54. The first-order chi connectivity index (χ1) is 12.3. The van der Waals surface area contributed by atoms with E-state index in [1.165, 1.54) is 23.1 Å². The van der Waals surface area contributed by atoms with Gasteiger partial charge in [-0.25, -0.2) is 0 Å². The molecule has 2 aromatic rings. The summed E-state index contributed by atoms with van der Waals surface area (Å²) in [6, 6.07) is 10.1. The summed E-state index contributed by atoms with van der Waals surface area (Å²) in [5.74, 6) is -0.926. The van der Waals surface area contributed by atoms with Crippen LogP contribution in [0.15, 0.2) is 46.9 Å². The molecule has 0 aliphatic carbocycles. The molecule has 136 valence electrons. The van der Waals surface area contributed by atoms with Crippen molar-refractivity contribution in [2.45, 2.75) is 19.0 Å². The van der Waals surface area contributed by atoms with Crippen molar-refractivity contribution in [1.29, 1.82) is 0 Å². The molecule has 0 saturated heterocycles. The van der Waals surface area contributed by atoms with E-state index in [0.717, 1.165) is 16.1 Å². The predicted molar refractivity (Wildman–Crippen MR) is 94.9 cm³/mol. The van der Waals surface area contributed by atoms with Gasteiger partial charge in [0.25, 0.3) is 0 Å². The number of anilines is 2. The molecule has 0 spiro atoms. The summed E-state index contributed by atoms with van der Waals surface area (Å²) < 4.78 is 40.0. The molecule has 1 heterocycles. The third kappa shape index (κ3) is 3.90. The Hall–Kier alpha value is -2.35. The highest BCUT2D eigenvalue weighted by molar-refractivity contribution is 9.10. The summed E-state index contributed by atoms with van der Waals surface area (Å²) in [7, 11) is 0. The van der Waals surface area contributed by atoms with Crippen LogP contribution in [0.2, 0.25) is 0 Å². The summed E-state index contributed by atoms with van der Waals surface area (Å²) in [6.45, 7) is -0.348. The number of hydrogen-bond donors (Lipinski definition) is 1. The number of fused-ring (bicyclic) bond motifs is 1. The Bertz CT molecular complexity index is 868. The number of carbonyl (C=O) groups excluding carboxylic acids is 2. The maximum Gasteiger partial charge on any atom is 0.418 e. The molecule has 4 nitrogen and oxygen atoms in total. The zero-order valence-electron chi connectivity index (χ0n) is 13.4. The van der Waals surface area contributed by atoms with Crippen LogP contribution in [-0.4, -0.2) is 18.4 Å². The van der Waals surface area contributed by atoms with Crippen LogP contribution in [0.5, 0.6) is 0 Å². The normalized spacial score (nSPS) is 14.2. The summed E-state index contributed by atoms with van der Waals surface area (Å²) in [6.07, 6.45) is -3.78. The molecule has 0 bridgehead atoms. The summed E-state index contributed by atoms with van der Waals surface area (Å²) in [4.78, 5) is 25.8. The molecule has 0 unspecified atom stereocenters. The minimum atomic E-state index is -4.58. The van der Waals surface area contributed by atoms with Crippen molar-refractivity contribution in [2.75, 3.05) is 16.8 Å². The number of benzene rings is 2. The molecule has 0 atom stereocenters. The maximum atomic E-state index is 13.0. The van der Waals surface area contributed by atoms with Crippen LogP contribution in [0.25, 0.3) is 0 Å². The number of halogens is 4. The van der Waals surface area contributed by atoms with E-state index in [1.54, 1.807) is 12.1 Å². The van der Waals surface area contributed by atoms with Crippen LogP contribution in [-0.2, 0) is 22.2 Å². The van der Waals surface area contributed by atoms with Crippen LogP contribution in [0, 0.1) is 0 Å². The quantitative estimate of drug-likeness (QED) is 0.791. The minimum absolute atomic E-state index is 0.237. The number of nitrogens with zero attached hydrogens (tertiary/aromatic N) is 1. The average molecular weight is 427 g/mol. The van der Waals surface area contributed by atoms with E-state index in [1.807, 2.05) is 6.07 Å². The number of amides is 2. The second-order valence-corrected chi connectivity index (χ2v) is 6.76. The van der Waals surface area contributed by atoms with Crippen molar-refractivity contribution >= 4 is 39.1 Å². The lowest BCUT2D eigenvalue weighted by molar-refractivity contribution is -0.137. The lowest BCUT2D eigenvalue weighted by atomic mass is 10.0. The number of carbonyl (C=O) groups is 2. The molecule has 1 aliphatic rings. The molecule has 1 N–H and O–H groups in total. The van der Waals surface area contributed by atoms with E-state index in [9.17, 15) is 22.8 Å². The van der Waals surface area contributed by atoms with Crippen molar-refractivity contribution in [3.05, 3.63) is 58.1 Å². The van der Waals surface area contributed by atoms with Gasteiger partial charge in [-0.3, -0.25) is 9.59 Å². The van der Waals surface area contributed by atoms with Crippen molar-refractivity contribution in [3.63, 3.8) is 0 Å². The van der Waals surface area contributed by atoms with E-state index in [2.05, 4.69) is 21.2 Å². The fourth-order valence-electron chi connectivity index (χ4n) is 2.87. The van der Waals surface area contributed by atoms with Crippen LogP contribution >= 0.6 is 15.9 Å². The molecule has 8 heteroatoms. The highest BCUT2D eigenvalue weighted by Gasteiger charge is 2.34. The van der Waals surface area contributed by atoms with Crippen LogP contribution < -0.4 is 10.2 Å². The first-order valence-corrected chi connectivity index (χ1v) is 8.60. The van der Waals surface area contributed by atoms with Gasteiger partial charge in [-0.05, 0) is 42.3 Å². The van der Waals surface area contributed by atoms with Gasteiger partial charge in [0.05, 0.1) is 11.3 Å². The molecule has 2 aromatic carbocycles. The number of aryl methyl sites for hydroxylation is 1. The van der Waals surface area contributed by atoms with Gasteiger partial charge < -0.3 is 10.2 Å². The molecule has 0 saturated carbocycles. The first-order valence-electron chi connectivity index (χ1n) is 7.80. The molecule has 3 rings (SSSR count). The lowest BCUT2D eigenvalue weighted by Gasteiger charge is -2.29. The topological polar surface area (TPSA) is 49.4 Å². The number of hydrogen-bond acceptors (Lipinski definition) is 2. The molecular weight excluding hydrogens is 413 g/mol. The van der Waals surface area contributed by atoms with Crippen molar-refractivity contribution in [3.8, 4) is 0 Å².